The van der Waals surface area contributed by atoms with Crippen LogP contribution in [0.25, 0.3) is 0 Å². The van der Waals surface area contributed by atoms with Crippen LogP contribution in [-0.4, -0.2) is 19.9 Å². The number of azo groups is 1. The lowest BCUT2D eigenvalue weighted by molar-refractivity contribution is 0.282. The lowest BCUT2D eigenvalue weighted by Crippen LogP contribution is -2.05. The number of aliphatic hydroxyl groups is 1. The molecule has 0 radical (unpaired) electrons. The summed E-state index contributed by atoms with van der Waals surface area (Å²) in [4.78, 5) is 4.06. The normalized spacial score (nSPS) is 11.2. The van der Waals surface area contributed by atoms with Crippen LogP contribution < -0.4 is 5.73 Å². The van der Waals surface area contributed by atoms with E-state index in [-0.39, 0.29) is 6.61 Å². The maximum atomic E-state index is 9.29. The number of aliphatic hydroxyl groups excluding tert-OH is 1. The Kier molecular flexibility index (Phi) is 4.39. The van der Waals surface area contributed by atoms with Gasteiger partial charge >= 0.3 is 0 Å². The molecule has 0 unspecified atom stereocenters. The van der Waals surface area contributed by atoms with Crippen molar-refractivity contribution in [3.63, 3.8) is 0 Å². The summed E-state index contributed by atoms with van der Waals surface area (Å²) in [5.74, 6) is 0.430. The zero-order valence-electron chi connectivity index (χ0n) is 12.4. The fourth-order valence-corrected chi connectivity index (χ4v) is 2.10. The van der Waals surface area contributed by atoms with Gasteiger partial charge in [-0.25, -0.2) is 4.68 Å². The van der Waals surface area contributed by atoms with Crippen LogP contribution in [0.5, 0.6) is 0 Å². The number of rotatable bonds is 5. The van der Waals surface area contributed by atoms with Gasteiger partial charge in [0.1, 0.15) is 11.5 Å². The summed E-state index contributed by atoms with van der Waals surface area (Å²) in [6, 6.07) is 11.1. The fourth-order valence-electron chi connectivity index (χ4n) is 2.10. The second-order valence-electron chi connectivity index (χ2n) is 4.92. The molecule has 23 heavy (non-hydrogen) atoms. The molecule has 0 amide bonds. The molecule has 7 heteroatoms. The van der Waals surface area contributed by atoms with E-state index < -0.39 is 0 Å². The van der Waals surface area contributed by atoms with Crippen LogP contribution in [0, 0.1) is 0 Å². The SMILES string of the molecule is Nc1c(N=Nc2ccccc2CO)cnn1Cc1cccnc1. The Bertz CT molecular complexity index is 812. The van der Waals surface area contributed by atoms with E-state index in [1.165, 1.54) is 0 Å². The first-order chi connectivity index (χ1) is 11.3. The molecule has 0 bridgehead atoms. The van der Waals surface area contributed by atoms with Crippen molar-refractivity contribution in [3.8, 4) is 0 Å². The van der Waals surface area contributed by atoms with Crippen molar-refractivity contribution >= 4 is 17.2 Å². The van der Waals surface area contributed by atoms with Gasteiger partial charge < -0.3 is 10.8 Å². The first-order valence-electron chi connectivity index (χ1n) is 7.08. The van der Waals surface area contributed by atoms with Crippen molar-refractivity contribution in [1.29, 1.82) is 0 Å². The molecule has 2 aromatic heterocycles. The Hall–Kier alpha value is -3.06. The summed E-state index contributed by atoms with van der Waals surface area (Å²) in [5.41, 5.74) is 8.86. The zero-order valence-corrected chi connectivity index (χ0v) is 12.4. The number of anilines is 1. The van der Waals surface area contributed by atoms with E-state index in [1.807, 2.05) is 24.3 Å². The summed E-state index contributed by atoms with van der Waals surface area (Å²) in [6.45, 7) is 0.424. The van der Waals surface area contributed by atoms with Crippen molar-refractivity contribution < 1.29 is 5.11 Å². The molecule has 0 atom stereocenters. The van der Waals surface area contributed by atoms with E-state index in [1.54, 1.807) is 35.4 Å². The van der Waals surface area contributed by atoms with Gasteiger partial charge in [-0.15, -0.1) is 10.2 Å². The molecule has 0 spiro atoms. The minimum Gasteiger partial charge on any atom is -0.392 e. The largest absolute Gasteiger partial charge is 0.392 e. The maximum absolute atomic E-state index is 9.29. The summed E-state index contributed by atoms with van der Waals surface area (Å²) in [5, 5.41) is 21.8. The molecule has 3 aromatic rings. The highest BCUT2D eigenvalue weighted by Crippen LogP contribution is 2.26. The monoisotopic (exact) mass is 308 g/mol. The van der Waals surface area contributed by atoms with E-state index in [9.17, 15) is 5.11 Å². The predicted molar refractivity (Wildman–Crippen MR) is 86.5 cm³/mol. The van der Waals surface area contributed by atoms with Crippen molar-refractivity contribution in [2.45, 2.75) is 13.2 Å². The molecule has 0 saturated carbocycles. The Morgan fingerprint density at radius 3 is 2.65 bits per heavy atom. The third-order valence-corrected chi connectivity index (χ3v) is 3.34. The van der Waals surface area contributed by atoms with Gasteiger partial charge in [0.2, 0.25) is 0 Å². The van der Waals surface area contributed by atoms with Gasteiger partial charge in [-0.1, -0.05) is 24.3 Å². The molecule has 1 aromatic carbocycles. The zero-order chi connectivity index (χ0) is 16.1. The van der Waals surface area contributed by atoms with E-state index >= 15 is 0 Å². The summed E-state index contributed by atoms with van der Waals surface area (Å²) >= 11 is 0. The fraction of sp³-hybridized carbons (Fsp3) is 0.125. The number of nitrogens with zero attached hydrogens (tertiary/aromatic N) is 5. The number of hydrogen-bond donors (Lipinski definition) is 2. The van der Waals surface area contributed by atoms with Crippen LogP contribution in [0.15, 0.2) is 65.2 Å². The quantitative estimate of drug-likeness (QED) is 0.707. The lowest BCUT2D eigenvalue weighted by Gasteiger charge is -2.03. The molecule has 0 aliphatic heterocycles. The highest BCUT2D eigenvalue weighted by atomic mass is 16.3. The first kappa shape index (κ1) is 14.9. The summed E-state index contributed by atoms with van der Waals surface area (Å²) in [7, 11) is 0. The van der Waals surface area contributed by atoms with Crippen LogP contribution in [-0.2, 0) is 13.2 Å². The third-order valence-electron chi connectivity index (χ3n) is 3.34. The molecular formula is C16H16N6O. The van der Waals surface area contributed by atoms with E-state index in [4.69, 9.17) is 5.73 Å². The number of pyridine rings is 1. The second kappa shape index (κ2) is 6.80. The first-order valence-corrected chi connectivity index (χ1v) is 7.08. The average Bonchev–Trinajstić information content (AvgIpc) is 2.94. The minimum atomic E-state index is -0.0923. The molecule has 0 aliphatic carbocycles. The minimum absolute atomic E-state index is 0.0923. The Balaban J connectivity index is 1.81. The number of aromatic nitrogens is 3. The highest BCUT2D eigenvalue weighted by molar-refractivity contribution is 5.57. The van der Waals surface area contributed by atoms with Crippen molar-refractivity contribution in [3.05, 3.63) is 66.1 Å². The van der Waals surface area contributed by atoms with Crippen molar-refractivity contribution in [2.75, 3.05) is 5.73 Å². The van der Waals surface area contributed by atoms with Gasteiger partial charge in [0.05, 0.1) is 25.0 Å². The summed E-state index contributed by atoms with van der Waals surface area (Å²) in [6.07, 6.45) is 5.05. The van der Waals surface area contributed by atoms with E-state index in [2.05, 4.69) is 20.3 Å². The molecule has 7 nitrogen and oxygen atoms in total. The van der Waals surface area contributed by atoms with E-state index in [0.717, 1.165) is 5.56 Å². The smallest absolute Gasteiger partial charge is 0.150 e. The summed E-state index contributed by atoms with van der Waals surface area (Å²) < 4.78 is 1.64. The van der Waals surface area contributed by atoms with Gasteiger partial charge in [-0.2, -0.15) is 5.10 Å². The molecule has 3 N–H and O–H groups in total. The highest BCUT2D eigenvalue weighted by Gasteiger charge is 2.08. The van der Waals surface area contributed by atoms with Gasteiger partial charge in [0, 0.05) is 18.0 Å². The molecule has 2 heterocycles. The topological polar surface area (TPSA) is 102 Å². The van der Waals surface area contributed by atoms with Crippen LogP contribution in [0.1, 0.15) is 11.1 Å². The molecule has 3 rings (SSSR count). The van der Waals surface area contributed by atoms with Crippen molar-refractivity contribution in [2.24, 2.45) is 10.2 Å². The predicted octanol–water partition coefficient (Wildman–Crippen LogP) is 2.82. The van der Waals surface area contributed by atoms with Gasteiger partial charge in [0.15, 0.2) is 0 Å². The Morgan fingerprint density at radius 2 is 1.87 bits per heavy atom. The standard InChI is InChI=1S/C16H16N6O/c17-16-15(21-20-14-6-2-1-5-13(14)11-23)9-19-22(16)10-12-4-3-7-18-8-12/h1-9,23H,10-11,17H2. The van der Waals surface area contributed by atoms with Crippen molar-refractivity contribution in [1.82, 2.24) is 14.8 Å². The van der Waals surface area contributed by atoms with Gasteiger partial charge in [-0.05, 0) is 17.7 Å². The molecule has 0 saturated heterocycles. The Labute approximate surface area is 133 Å². The number of nitrogens with two attached hydrogens (primary N) is 1. The molecule has 0 aliphatic rings. The Morgan fingerprint density at radius 1 is 1.04 bits per heavy atom. The van der Waals surface area contributed by atoms with Crippen LogP contribution >= 0.6 is 0 Å². The molecular weight excluding hydrogens is 292 g/mol. The van der Waals surface area contributed by atoms with Gasteiger partial charge in [-0.3, -0.25) is 4.98 Å². The molecule has 0 fully saturated rings. The number of hydrogen-bond acceptors (Lipinski definition) is 6. The second-order valence-corrected chi connectivity index (χ2v) is 4.92. The van der Waals surface area contributed by atoms with Crippen LogP contribution in [0.4, 0.5) is 17.2 Å². The number of benzene rings is 1. The van der Waals surface area contributed by atoms with Crippen LogP contribution in [0.2, 0.25) is 0 Å². The lowest BCUT2D eigenvalue weighted by atomic mass is 10.2. The number of nitrogen functional groups attached to an aromatic ring is 1. The van der Waals surface area contributed by atoms with Crippen LogP contribution in [0.3, 0.4) is 0 Å². The maximum Gasteiger partial charge on any atom is 0.150 e. The third kappa shape index (κ3) is 3.41. The molecule has 116 valence electrons. The van der Waals surface area contributed by atoms with E-state index in [0.29, 0.717) is 29.3 Å². The van der Waals surface area contributed by atoms with Gasteiger partial charge in [0.25, 0.3) is 0 Å². The average molecular weight is 308 g/mol.